The molecule has 0 heterocycles. The van der Waals surface area contributed by atoms with Crippen molar-refractivity contribution in [1.82, 2.24) is 10.2 Å². The molecular weight excluding hydrogens is 505 g/mol. The summed E-state index contributed by atoms with van der Waals surface area (Å²) in [4.78, 5) is 27.0. The molecule has 0 aliphatic heterocycles. The van der Waals surface area contributed by atoms with Crippen LogP contribution < -0.4 is 19.1 Å². The molecule has 12 heteroatoms. The highest BCUT2D eigenvalue weighted by Crippen LogP contribution is 2.32. The van der Waals surface area contributed by atoms with E-state index >= 15 is 0 Å². The number of carbonyl (C=O) groups excluding carboxylic acids is 2. The average molecular weight is 532 g/mol. The standard InChI is InChI=1S/C22H27Cl2N3O6S/c1-14(22(29)25-2)26(12-15-6-7-16(23)10-18(15)24)21(28)13-27(34(5,30)31)17-8-9-19(32-3)20(11-17)33-4/h6-11,14H,12-13H2,1-5H3,(H,25,29). The van der Waals surface area contributed by atoms with E-state index in [4.69, 9.17) is 32.7 Å². The second-order valence-corrected chi connectivity index (χ2v) is 10.1. The van der Waals surface area contributed by atoms with Gasteiger partial charge < -0.3 is 19.7 Å². The summed E-state index contributed by atoms with van der Waals surface area (Å²) in [5.41, 5.74) is 0.748. The number of nitrogens with one attached hydrogen (secondary N) is 1. The SMILES string of the molecule is CNC(=O)C(C)N(Cc1ccc(Cl)cc1Cl)C(=O)CN(c1ccc(OC)c(OC)c1)S(C)(=O)=O. The van der Waals surface area contributed by atoms with Gasteiger partial charge in [-0.1, -0.05) is 29.3 Å². The second kappa shape index (κ2) is 11.6. The first-order chi connectivity index (χ1) is 15.9. The first kappa shape index (κ1) is 27.6. The fourth-order valence-corrected chi connectivity index (χ4v) is 4.53. The first-order valence-corrected chi connectivity index (χ1v) is 12.7. The van der Waals surface area contributed by atoms with Gasteiger partial charge in [0.1, 0.15) is 12.6 Å². The van der Waals surface area contributed by atoms with Crippen molar-refractivity contribution < 1.29 is 27.5 Å². The van der Waals surface area contributed by atoms with Crippen molar-refractivity contribution in [3.05, 3.63) is 52.0 Å². The molecule has 0 spiro atoms. The van der Waals surface area contributed by atoms with Crippen LogP contribution in [0.15, 0.2) is 36.4 Å². The quantitative estimate of drug-likeness (QED) is 0.505. The molecule has 9 nitrogen and oxygen atoms in total. The lowest BCUT2D eigenvalue weighted by molar-refractivity contribution is -0.139. The minimum Gasteiger partial charge on any atom is -0.493 e. The Morgan fingerprint density at radius 3 is 2.24 bits per heavy atom. The van der Waals surface area contributed by atoms with E-state index in [0.29, 0.717) is 27.1 Å². The van der Waals surface area contributed by atoms with Crippen LogP contribution in [0.2, 0.25) is 10.0 Å². The molecule has 0 bridgehead atoms. The third kappa shape index (κ3) is 6.68. The molecule has 0 aliphatic rings. The van der Waals surface area contributed by atoms with Gasteiger partial charge in [0.15, 0.2) is 11.5 Å². The van der Waals surface area contributed by atoms with E-state index in [1.54, 1.807) is 19.1 Å². The molecule has 186 valence electrons. The molecule has 2 aromatic carbocycles. The first-order valence-electron chi connectivity index (χ1n) is 10.1. The van der Waals surface area contributed by atoms with Crippen LogP contribution in [0.5, 0.6) is 11.5 Å². The van der Waals surface area contributed by atoms with Gasteiger partial charge in [0.2, 0.25) is 21.8 Å². The summed E-state index contributed by atoms with van der Waals surface area (Å²) in [6.45, 7) is 0.954. The molecule has 1 N–H and O–H groups in total. The third-order valence-electron chi connectivity index (χ3n) is 5.10. The molecular formula is C22H27Cl2N3O6S. The van der Waals surface area contributed by atoms with Crippen molar-refractivity contribution in [3.8, 4) is 11.5 Å². The number of rotatable bonds is 10. The number of sulfonamides is 1. The Bertz CT molecular complexity index is 1160. The van der Waals surface area contributed by atoms with Crippen LogP contribution >= 0.6 is 23.2 Å². The van der Waals surface area contributed by atoms with Gasteiger partial charge >= 0.3 is 0 Å². The lowest BCUT2D eigenvalue weighted by atomic mass is 10.1. The highest BCUT2D eigenvalue weighted by molar-refractivity contribution is 7.92. The maximum Gasteiger partial charge on any atom is 0.244 e. The number of hydrogen-bond donors (Lipinski definition) is 1. The largest absolute Gasteiger partial charge is 0.493 e. The Morgan fingerprint density at radius 2 is 1.71 bits per heavy atom. The summed E-state index contributed by atoms with van der Waals surface area (Å²) in [7, 11) is 0.434. The molecule has 0 saturated carbocycles. The minimum atomic E-state index is -3.88. The number of nitrogens with zero attached hydrogens (tertiary/aromatic N) is 2. The smallest absolute Gasteiger partial charge is 0.244 e. The molecule has 2 aromatic rings. The van der Waals surface area contributed by atoms with Crippen LogP contribution in [0.3, 0.4) is 0 Å². The van der Waals surface area contributed by atoms with Crippen LogP contribution in [0.25, 0.3) is 0 Å². The van der Waals surface area contributed by atoms with Crippen molar-refractivity contribution >= 4 is 50.7 Å². The zero-order valence-corrected chi connectivity index (χ0v) is 21.8. The van der Waals surface area contributed by atoms with Gasteiger partial charge in [-0.05, 0) is 36.8 Å². The third-order valence-corrected chi connectivity index (χ3v) is 6.83. The molecule has 1 unspecified atom stereocenters. The molecule has 0 saturated heterocycles. The number of ether oxygens (including phenoxy) is 2. The Kier molecular flexibility index (Phi) is 9.43. The monoisotopic (exact) mass is 531 g/mol. The molecule has 2 amide bonds. The van der Waals surface area contributed by atoms with E-state index in [-0.39, 0.29) is 12.2 Å². The summed E-state index contributed by atoms with van der Waals surface area (Å²) in [6.07, 6.45) is 0.986. The number of hydrogen-bond acceptors (Lipinski definition) is 6. The van der Waals surface area contributed by atoms with Crippen molar-refractivity contribution in [2.45, 2.75) is 19.5 Å². The van der Waals surface area contributed by atoms with E-state index in [1.165, 1.54) is 50.4 Å². The van der Waals surface area contributed by atoms with Gasteiger partial charge in [0.05, 0.1) is 26.2 Å². The van der Waals surface area contributed by atoms with Gasteiger partial charge in [-0.15, -0.1) is 0 Å². The lowest BCUT2D eigenvalue weighted by Crippen LogP contribution is -2.50. The van der Waals surface area contributed by atoms with E-state index in [1.807, 2.05) is 0 Å². The molecule has 34 heavy (non-hydrogen) atoms. The molecule has 2 rings (SSSR count). The molecule has 0 radical (unpaired) electrons. The fourth-order valence-electron chi connectivity index (χ4n) is 3.22. The van der Waals surface area contributed by atoms with E-state index in [2.05, 4.69) is 5.32 Å². The molecule has 1 atom stereocenters. The Hall–Kier alpha value is -2.69. The zero-order valence-electron chi connectivity index (χ0n) is 19.5. The highest BCUT2D eigenvalue weighted by Gasteiger charge is 2.30. The van der Waals surface area contributed by atoms with Gasteiger partial charge in [-0.2, -0.15) is 0 Å². The lowest BCUT2D eigenvalue weighted by Gasteiger charge is -2.31. The number of methoxy groups -OCH3 is 2. The van der Waals surface area contributed by atoms with Crippen LogP contribution in [0, 0.1) is 0 Å². The Morgan fingerprint density at radius 1 is 1.06 bits per heavy atom. The summed E-state index contributed by atoms with van der Waals surface area (Å²) in [6, 6.07) is 8.37. The predicted octanol–water partition coefficient (Wildman–Crippen LogP) is 2.94. The molecule has 0 aliphatic carbocycles. The van der Waals surface area contributed by atoms with Crippen molar-refractivity contribution in [2.24, 2.45) is 0 Å². The maximum atomic E-state index is 13.4. The number of carbonyl (C=O) groups is 2. The molecule has 0 aromatic heterocycles. The number of anilines is 1. The number of benzene rings is 2. The van der Waals surface area contributed by atoms with Gasteiger partial charge in [-0.25, -0.2) is 8.42 Å². The summed E-state index contributed by atoms with van der Waals surface area (Å²) in [5.74, 6) is -0.333. The van der Waals surface area contributed by atoms with E-state index in [9.17, 15) is 18.0 Å². The predicted molar refractivity (Wildman–Crippen MR) is 132 cm³/mol. The van der Waals surface area contributed by atoms with Gasteiger partial charge in [0, 0.05) is 29.7 Å². The number of likely N-dealkylation sites (N-methyl/N-ethyl adjacent to an activating group) is 1. The van der Waals surface area contributed by atoms with Crippen LogP contribution in [0.1, 0.15) is 12.5 Å². The summed E-state index contributed by atoms with van der Waals surface area (Å²) >= 11 is 12.2. The summed E-state index contributed by atoms with van der Waals surface area (Å²) in [5, 5.41) is 3.24. The fraction of sp³-hybridized carbons (Fsp3) is 0.364. The van der Waals surface area contributed by atoms with Crippen LogP contribution in [0.4, 0.5) is 5.69 Å². The van der Waals surface area contributed by atoms with Gasteiger partial charge in [-0.3, -0.25) is 13.9 Å². The topological polar surface area (TPSA) is 105 Å². The zero-order chi connectivity index (χ0) is 25.6. The molecule has 0 fully saturated rings. The van der Waals surface area contributed by atoms with Crippen molar-refractivity contribution in [3.63, 3.8) is 0 Å². The second-order valence-electron chi connectivity index (χ2n) is 7.36. The number of amides is 2. The Labute approximate surface area is 209 Å². The summed E-state index contributed by atoms with van der Waals surface area (Å²) < 4.78 is 36.6. The van der Waals surface area contributed by atoms with E-state index < -0.39 is 34.4 Å². The number of halogens is 2. The normalized spacial score (nSPS) is 12.0. The van der Waals surface area contributed by atoms with E-state index in [0.717, 1.165) is 10.6 Å². The minimum absolute atomic E-state index is 0.0348. The van der Waals surface area contributed by atoms with Gasteiger partial charge in [0.25, 0.3) is 0 Å². The Balaban J connectivity index is 2.46. The van der Waals surface area contributed by atoms with Crippen LogP contribution in [-0.2, 0) is 26.2 Å². The highest BCUT2D eigenvalue weighted by atomic mass is 35.5. The maximum absolute atomic E-state index is 13.4. The van der Waals surface area contributed by atoms with Crippen molar-refractivity contribution in [1.29, 1.82) is 0 Å². The van der Waals surface area contributed by atoms with Crippen molar-refractivity contribution in [2.75, 3.05) is 38.4 Å². The average Bonchev–Trinajstić information content (AvgIpc) is 2.79. The van der Waals surface area contributed by atoms with Crippen LogP contribution in [-0.4, -0.2) is 65.2 Å².